The van der Waals surface area contributed by atoms with Crippen LogP contribution >= 0.6 is 0 Å². The van der Waals surface area contributed by atoms with E-state index < -0.39 is 11.9 Å². The van der Waals surface area contributed by atoms with Crippen molar-refractivity contribution in [3.8, 4) is 0 Å². The number of hydroxylamine groups is 1. The highest BCUT2D eigenvalue weighted by Gasteiger charge is 2.19. The molecule has 0 bridgehead atoms. The first-order valence-corrected chi connectivity index (χ1v) is 3.85. The maximum Gasteiger partial charge on any atom is 0.354 e. The van der Waals surface area contributed by atoms with Crippen molar-refractivity contribution >= 4 is 11.9 Å². The molecule has 0 atom stereocenters. The van der Waals surface area contributed by atoms with Crippen molar-refractivity contribution in [2.24, 2.45) is 0 Å². The smallest absolute Gasteiger partial charge is 0.354 e. The van der Waals surface area contributed by atoms with Gasteiger partial charge in [-0.05, 0) is 6.92 Å². The van der Waals surface area contributed by atoms with Crippen molar-refractivity contribution < 1.29 is 19.5 Å². The molecule has 0 unspecified atom stereocenters. The van der Waals surface area contributed by atoms with Crippen molar-refractivity contribution in [2.75, 3.05) is 6.61 Å². The lowest BCUT2D eigenvalue weighted by Gasteiger charge is -2.01. The van der Waals surface area contributed by atoms with Crippen LogP contribution in [0.2, 0.25) is 0 Å². The number of H-pyrrole nitrogens is 1. The molecule has 0 aliphatic rings. The number of nitrogens with one attached hydrogen (secondary N) is 2. The van der Waals surface area contributed by atoms with Gasteiger partial charge in [0, 0.05) is 0 Å². The molecule has 3 N–H and O–H groups in total. The number of carboxylic acid groups (broad SMARTS) is 1. The Bertz CT molecular complexity index is 346. The van der Waals surface area contributed by atoms with Crippen LogP contribution in [0.15, 0.2) is 6.33 Å². The summed E-state index contributed by atoms with van der Waals surface area (Å²) < 4.78 is 0. The first kappa shape index (κ1) is 10.2. The van der Waals surface area contributed by atoms with E-state index in [1.54, 1.807) is 6.92 Å². The van der Waals surface area contributed by atoms with E-state index in [-0.39, 0.29) is 11.4 Å². The number of hydrogen-bond acceptors (Lipinski definition) is 4. The molecule has 7 nitrogen and oxygen atoms in total. The summed E-state index contributed by atoms with van der Waals surface area (Å²) in [6.07, 6.45) is 1.13. The summed E-state index contributed by atoms with van der Waals surface area (Å²) in [6.45, 7) is 1.97. The Morgan fingerprint density at radius 1 is 1.71 bits per heavy atom. The largest absolute Gasteiger partial charge is 0.477 e. The summed E-state index contributed by atoms with van der Waals surface area (Å²) in [5, 5.41) is 8.64. The van der Waals surface area contributed by atoms with Crippen LogP contribution in [0.3, 0.4) is 0 Å². The van der Waals surface area contributed by atoms with E-state index in [2.05, 4.69) is 14.8 Å². The van der Waals surface area contributed by atoms with Crippen molar-refractivity contribution in [3.05, 3.63) is 17.7 Å². The molecule has 1 aromatic rings. The van der Waals surface area contributed by atoms with Gasteiger partial charge in [0.15, 0.2) is 11.4 Å². The fourth-order valence-electron chi connectivity index (χ4n) is 0.816. The highest BCUT2D eigenvalue weighted by Crippen LogP contribution is 2.01. The third kappa shape index (κ3) is 2.07. The zero-order chi connectivity index (χ0) is 10.6. The molecule has 0 aliphatic heterocycles. The number of imidazole rings is 1. The second-order valence-electron chi connectivity index (χ2n) is 2.30. The van der Waals surface area contributed by atoms with E-state index in [0.717, 1.165) is 6.33 Å². The van der Waals surface area contributed by atoms with Crippen LogP contribution in [0.1, 0.15) is 27.9 Å². The van der Waals surface area contributed by atoms with E-state index in [4.69, 9.17) is 5.11 Å². The molecule has 0 aliphatic carbocycles. The Hall–Kier alpha value is -1.89. The number of rotatable bonds is 4. The van der Waals surface area contributed by atoms with Gasteiger partial charge in [0.2, 0.25) is 0 Å². The average Bonchev–Trinajstić information content (AvgIpc) is 2.62. The van der Waals surface area contributed by atoms with Crippen molar-refractivity contribution in [2.45, 2.75) is 6.92 Å². The summed E-state index contributed by atoms with van der Waals surface area (Å²) in [5.74, 6) is -1.94. The van der Waals surface area contributed by atoms with Gasteiger partial charge in [-0.1, -0.05) is 0 Å². The van der Waals surface area contributed by atoms with E-state index in [9.17, 15) is 9.59 Å². The molecule has 7 heteroatoms. The maximum absolute atomic E-state index is 11.2. The van der Waals surface area contributed by atoms with Gasteiger partial charge in [-0.2, -0.15) is 0 Å². The summed E-state index contributed by atoms with van der Waals surface area (Å²) in [4.78, 5) is 32.3. The molecule has 14 heavy (non-hydrogen) atoms. The number of aromatic carboxylic acids is 1. The predicted molar refractivity (Wildman–Crippen MR) is 44.6 cm³/mol. The van der Waals surface area contributed by atoms with Crippen LogP contribution in [-0.2, 0) is 4.84 Å². The van der Waals surface area contributed by atoms with Gasteiger partial charge < -0.3 is 10.1 Å². The average molecular weight is 199 g/mol. The Balaban J connectivity index is 2.79. The summed E-state index contributed by atoms with van der Waals surface area (Å²) in [7, 11) is 0. The third-order valence-electron chi connectivity index (χ3n) is 1.38. The molecule has 0 spiro atoms. The van der Waals surface area contributed by atoms with E-state index in [0.29, 0.717) is 6.61 Å². The van der Waals surface area contributed by atoms with Gasteiger partial charge in [-0.3, -0.25) is 9.63 Å². The van der Waals surface area contributed by atoms with Gasteiger partial charge >= 0.3 is 5.97 Å². The molecule has 0 radical (unpaired) electrons. The normalized spacial score (nSPS) is 9.79. The second-order valence-corrected chi connectivity index (χ2v) is 2.30. The van der Waals surface area contributed by atoms with E-state index >= 15 is 0 Å². The number of carbonyl (C=O) groups is 2. The lowest BCUT2D eigenvalue weighted by Crippen LogP contribution is -2.25. The maximum atomic E-state index is 11.2. The Labute approximate surface area is 79.1 Å². The zero-order valence-electron chi connectivity index (χ0n) is 7.40. The van der Waals surface area contributed by atoms with Crippen LogP contribution < -0.4 is 5.48 Å². The van der Waals surface area contributed by atoms with Crippen LogP contribution in [-0.4, -0.2) is 33.6 Å². The molecule has 76 valence electrons. The molecular weight excluding hydrogens is 190 g/mol. The summed E-state index contributed by atoms with van der Waals surface area (Å²) in [5.41, 5.74) is 1.58. The van der Waals surface area contributed by atoms with Gasteiger partial charge in [0.1, 0.15) is 0 Å². The minimum Gasteiger partial charge on any atom is -0.477 e. The number of aromatic amines is 1. The summed E-state index contributed by atoms with van der Waals surface area (Å²) in [6, 6.07) is 0. The molecule has 0 saturated carbocycles. The molecule has 0 aromatic carbocycles. The van der Waals surface area contributed by atoms with Gasteiger partial charge in [-0.15, -0.1) is 0 Å². The third-order valence-corrected chi connectivity index (χ3v) is 1.38. The first-order valence-electron chi connectivity index (χ1n) is 3.85. The predicted octanol–water partition coefficient (Wildman–Crippen LogP) is -0.211. The molecule has 1 aromatic heterocycles. The fraction of sp³-hybridized carbons (Fsp3) is 0.286. The second kappa shape index (κ2) is 4.38. The minimum absolute atomic E-state index is 0.203. The monoisotopic (exact) mass is 199 g/mol. The van der Waals surface area contributed by atoms with Crippen LogP contribution in [0.5, 0.6) is 0 Å². The zero-order valence-corrected chi connectivity index (χ0v) is 7.40. The topological polar surface area (TPSA) is 104 Å². The first-order chi connectivity index (χ1) is 6.66. The van der Waals surface area contributed by atoms with Crippen molar-refractivity contribution in [1.29, 1.82) is 0 Å². The molecule has 1 rings (SSSR count). The quantitative estimate of drug-likeness (QED) is 0.582. The molecule has 0 fully saturated rings. The van der Waals surface area contributed by atoms with E-state index in [1.807, 2.05) is 5.48 Å². The summed E-state index contributed by atoms with van der Waals surface area (Å²) >= 11 is 0. The highest BCUT2D eigenvalue weighted by molar-refractivity contribution is 6.01. The van der Waals surface area contributed by atoms with Crippen LogP contribution in [0.25, 0.3) is 0 Å². The van der Waals surface area contributed by atoms with Gasteiger partial charge in [-0.25, -0.2) is 15.3 Å². The van der Waals surface area contributed by atoms with Crippen LogP contribution in [0, 0.1) is 0 Å². The Morgan fingerprint density at radius 2 is 2.43 bits per heavy atom. The van der Waals surface area contributed by atoms with Crippen molar-refractivity contribution in [1.82, 2.24) is 15.4 Å². The highest BCUT2D eigenvalue weighted by atomic mass is 16.6. The number of carbonyl (C=O) groups excluding carboxylic acids is 1. The number of aromatic nitrogens is 2. The standard InChI is InChI=1S/C7H9N3O4/c1-2-14-10-6(11)4-5(7(12)13)9-3-8-4/h3H,2H2,1H3,(H,8,9)(H,10,11)(H,12,13). The van der Waals surface area contributed by atoms with Gasteiger partial charge in [0.05, 0.1) is 12.9 Å². The minimum atomic E-state index is -1.25. The van der Waals surface area contributed by atoms with Crippen LogP contribution in [0.4, 0.5) is 0 Å². The SMILES string of the molecule is CCONC(=O)c1nc[nH]c1C(=O)O. The molecular formula is C7H9N3O4. The lowest BCUT2D eigenvalue weighted by atomic mass is 10.3. The van der Waals surface area contributed by atoms with Crippen molar-refractivity contribution in [3.63, 3.8) is 0 Å². The molecule has 1 heterocycles. The number of amides is 1. The Kier molecular flexibility index (Phi) is 3.19. The van der Waals surface area contributed by atoms with E-state index in [1.165, 1.54) is 0 Å². The fourth-order valence-corrected chi connectivity index (χ4v) is 0.816. The molecule has 0 saturated heterocycles. The number of nitrogens with zero attached hydrogens (tertiary/aromatic N) is 1. The number of hydrogen-bond donors (Lipinski definition) is 3. The lowest BCUT2D eigenvalue weighted by molar-refractivity contribution is 0.0356. The molecule has 1 amide bonds. The van der Waals surface area contributed by atoms with Gasteiger partial charge in [0.25, 0.3) is 5.91 Å². The Morgan fingerprint density at radius 3 is 3.00 bits per heavy atom. The number of carboxylic acids is 1.